The number of hydrogen-bond acceptors (Lipinski definition) is 5. The summed E-state index contributed by atoms with van der Waals surface area (Å²) >= 11 is 0. The van der Waals surface area contributed by atoms with E-state index in [-0.39, 0.29) is 28.5 Å². The van der Waals surface area contributed by atoms with Crippen LogP contribution in [0, 0.1) is 5.82 Å². The average molecular weight is 474 g/mol. The van der Waals surface area contributed by atoms with E-state index in [2.05, 4.69) is 10.3 Å². The molecule has 0 aliphatic carbocycles. The molecule has 174 valence electrons. The minimum Gasteiger partial charge on any atom is -0.376 e. The maximum absolute atomic E-state index is 13.3. The van der Waals surface area contributed by atoms with E-state index in [1.54, 1.807) is 6.92 Å². The molecule has 1 amide bonds. The zero-order chi connectivity index (χ0) is 23.6. The van der Waals surface area contributed by atoms with E-state index in [1.165, 1.54) is 48.7 Å². The first-order chi connectivity index (χ1) is 15.8. The highest BCUT2D eigenvalue weighted by molar-refractivity contribution is 7.92. The molecule has 1 aromatic heterocycles. The number of nitrogens with zero attached hydrogens (tertiary/aromatic N) is 1. The van der Waals surface area contributed by atoms with E-state index < -0.39 is 27.2 Å². The van der Waals surface area contributed by atoms with Gasteiger partial charge in [0.15, 0.2) is 0 Å². The van der Waals surface area contributed by atoms with Crippen molar-refractivity contribution in [2.45, 2.75) is 30.8 Å². The first-order valence-electron chi connectivity index (χ1n) is 10.6. The molecule has 4 rings (SSSR count). The maximum Gasteiger partial charge on any atom is 0.264 e. The van der Waals surface area contributed by atoms with Crippen LogP contribution in [0.5, 0.6) is 0 Å². The number of aromatic nitrogens is 1. The molecule has 0 bridgehead atoms. The summed E-state index contributed by atoms with van der Waals surface area (Å²) in [6.45, 7) is 2.72. The SMILES string of the molecule is CCN(c1ccc(F)cc1)S(=O)(=O)c1ccc2[nH]cc(C(=O)NC[C@@H]3CCCO3)c(=O)c2c1. The summed E-state index contributed by atoms with van der Waals surface area (Å²) in [6.07, 6.45) is 3.02. The van der Waals surface area contributed by atoms with E-state index in [4.69, 9.17) is 4.74 Å². The third-order valence-electron chi connectivity index (χ3n) is 5.60. The highest BCUT2D eigenvalue weighted by atomic mass is 32.2. The van der Waals surface area contributed by atoms with Gasteiger partial charge in [-0.25, -0.2) is 12.8 Å². The Morgan fingerprint density at radius 1 is 1.24 bits per heavy atom. The molecule has 1 fully saturated rings. The topological polar surface area (TPSA) is 109 Å². The zero-order valence-electron chi connectivity index (χ0n) is 18.0. The van der Waals surface area contributed by atoms with Crippen molar-refractivity contribution in [1.82, 2.24) is 10.3 Å². The van der Waals surface area contributed by atoms with Crippen molar-refractivity contribution < 1.29 is 22.3 Å². The lowest BCUT2D eigenvalue weighted by Crippen LogP contribution is -2.34. The number of halogens is 1. The van der Waals surface area contributed by atoms with Crippen LogP contribution < -0.4 is 15.1 Å². The predicted octanol–water partition coefficient (Wildman–Crippen LogP) is 2.79. The quantitative estimate of drug-likeness (QED) is 0.549. The van der Waals surface area contributed by atoms with Gasteiger partial charge in [0.25, 0.3) is 15.9 Å². The molecule has 2 N–H and O–H groups in total. The number of hydrogen-bond donors (Lipinski definition) is 2. The Balaban J connectivity index is 1.67. The molecule has 3 aromatic rings. The number of sulfonamides is 1. The van der Waals surface area contributed by atoms with Crippen LogP contribution in [0.15, 0.2) is 58.4 Å². The van der Waals surface area contributed by atoms with Crippen LogP contribution in [-0.4, -0.2) is 45.1 Å². The number of pyridine rings is 1. The number of fused-ring (bicyclic) bond motifs is 1. The van der Waals surface area contributed by atoms with Crippen molar-refractivity contribution in [3.63, 3.8) is 0 Å². The fraction of sp³-hybridized carbons (Fsp3) is 0.304. The normalized spacial score (nSPS) is 16.1. The second kappa shape index (κ2) is 9.32. The van der Waals surface area contributed by atoms with E-state index in [1.807, 2.05) is 0 Å². The maximum atomic E-state index is 13.3. The second-order valence-corrected chi connectivity index (χ2v) is 9.59. The van der Waals surface area contributed by atoms with Gasteiger partial charge in [0, 0.05) is 36.8 Å². The minimum atomic E-state index is -4.04. The molecule has 8 nitrogen and oxygen atoms in total. The van der Waals surface area contributed by atoms with Crippen LogP contribution in [0.4, 0.5) is 10.1 Å². The second-order valence-electron chi connectivity index (χ2n) is 7.73. The molecule has 10 heteroatoms. The van der Waals surface area contributed by atoms with Crippen molar-refractivity contribution in [3.05, 3.63) is 70.3 Å². The number of nitrogens with one attached hydrogen (secondary N) is 2. The summed E-state index contributed by atoms with van der Waals surface area (Å²) in [5.41, 5.74) is 0.0195. The number of amides is 1. The molecule has 1 saturated heterocycles. The Kier molecular flexibility index (Phi) is 6.48. The third kappa shape index (κ3) is 4.62. The standard InChI is InChI=1S/C23H24FN3O5S/c1-2-27(16-7-5-15(24)6-8-16)33(30,31)18-9-10-21-19(12-18)22(28)20(14-25-21)23(29)26-13-17-4-3-11-32-17/h5-10,12,14,17H,2-4,11,13H2,1H3,(H,25,28)(H,26,29)/t17-/m0/s1. The summed E-state index contributed by atoms with van der Waals surface area (Å²) in [7, 11) is -4.04. The molecule has 2 heterocycles. The first kappa shape index (κ1) is 22.9. The fourth-order valence-corrected chi connectivity index (χ4v) is 5.36. The van der Waals surface area contributed by atoms with Gasteiger partial charge in [-0.1, -0.05) is 0 Å². The van der Waals surface area contributed by atoms with E-state index in [9.17, 15) is 22.4 Å². The molecule has 2 aromatic carbocycles. The van der Waals surface area contributed by atoms with Gasteiger partial charge >= 0.3 is 0 Å². The predicted molar refractivity (Wildman–Crippen MR) is 122 cm³/mol. The van der Waals surface area contributed by atoms with Crippen LogP contribution in [0.3, 0.4) is 0 Å². The van der Waals surface area contributed by atoms with E-state index in [0.717, 1.165) is 17.1 Å². The Morgan fingerprint density at radius 3 is 2.67 bits per heavy atom. The van der Waals surface area contributed by atoms with Gasteiger partial charge in [-0.2, -0.15) is 0 Å². The average Bonchev–Trinajstić information content (AvgIpc) is 3.33. The number of rotatable bonds is 7. The Hall–Kier alpha value is -3.24. The Morgan fingerprint density at radius 2 is 2.00 bits per heavy atom. The molecular formula is C23H24FN3O5S. The van der Waals surface area contributed by atoms with Gasteiger partial charge in [-0.15, -0.1) is 0 Å². The summed E-state index contributed by atoms with van der Waals surface area (Å²) < 4.78 is 46.5. The van der Waals surface area contributed by atoms with Crippen LogP contribution >= 0.6 is 0 Å². The molecule has 33 heavy (non-hydrogen) atoms. The summed E-state index contributed by atoms with van der Waals surface area (Å²) in [4.78, 5) is 28.4. The summed E-state index contributed by atoms with van der Waals surface area (Å²) in [6, 6.07) is 9.24. The molecule has 0 saturated carbocycles. The highest BCUT2D eigenvalue weighted by Crippen LogP contribution is 2.25. The molecule has 0 radical (unpaired) electrons. The number of carbonyl (C=O) groups is 1. The smallest absolute Gasteiger partial charge is 0.264 e. The summed E-state index contributed by atoms with van der Waals surface area (Å²) in [5.74, 6) is -1.03. The Labute approximate surface area is 190 Å². The van der Waals surface area contributed by atoms with Crippen molar-refractivity contribution in [2.75, 3.05) is 24.0 Å². The monoisotopic (exact) mass is 473 g/mol. The number of ether oxygens (including phenoxy) is 1. The number of benzene rings is 2. The molecular weight excluding hydrogens is 449 g/mol. The van der Waals surface area contributed by atoms with Crippen molar-refractivity contribution in [3.8, 4) is 0 Å². The van der Waals surface area contributed by atoms with Gasteiger partial charge in [0.05, 0.1) is 16.7 Å². The Bertz CT molecular complexity index is 1330. The number of aromatic amines is 1. The van der Waals surface area contributed by atoms with Gasteiger partial charge in [0.1, 0.15) is 11.4 Å². The van der Waals surface area contributed by atoms with Crippen LogP contribution in [0.25, 0.3) is 10.9 Å². The van der Waals surface area contributed by atoms with Gasteiger partial charge in [0.2, 0.25) is 5.43 Å². The first-order valence-corrected chi connectivity index (χ1v) is 12.1. The molecule has 0 spiro atoms. The molecule has 1 aliphatic rings. The van der Waals surface area contributed by atoms with Crippen LogP contribution in [-0.2, 0) is 14.8 Å². The molecule has 1 atom stereocenters. The highest BCUT2D eigenvalue weighted by Gasteiger charge is 2.25. The van der Waals surface area contributed by atoms with Crippen LogP contribution in [0.1, 0.15) is 30.1 Å². The minimum absolute atomic E-state index is 0.0725. The molecule has 1 aliphatic heterocycles. The van der Waals surface area contributed by atoms with E-state index in [0.29, 0.717) is 24.4 Å². The number of H-pyrrole nitrogens is 1. The molecule has 0 unspecified atom stereocenters. The van der Waals surface area contributed by atoms with E-state index >= 15 is 0 Å². The van der Waals surface area contributed by atoms with Gasteiger partial charge in [-0.3, -0.25) is 13.9 Å². The lowest BCUT2D eigenvalue weighted by Gasteiger charge is -2.23. The van der Waals surface area contributed by atoms with Gasteiger partial charge < -0.3 is 15.0 Å². The zero-order valence-corrected chi connectivity index (χ0v) is 18.8. The van der Waals surface area contributed by atoms with Gasteiger partial charge in [-0.05, 0) is 62.2 Å². The lowest BCUT2D eigenvalue weighted by atomic mass is 10.1. The van der Waals surface area contributed by atoms with Crippen molar-refractivity contribution >= 4 is 32.5 Å². The number of anilines is 1. The van der Waals surface area contributed by atoms with Crippen LogP contribution in [0.2, 0.25) is 0 Å². The summed E-state index contributed by atoms with van der Waals surface area (Å²) in [5, 5.41) is 2.78. The number of carbonyl (C=O) groups excluding carboxylic acids is 1. The third-order valence-corrected chi connectivity index (χ3v) is 7.50. The van der Waals surface area contributed by atoms with Crippen molar-refractivity contribution in [1.29, 1.82) is 0 Å². The van der Waals surface area contributed by atoms with Crippen molar-refractivity contribution in [2.24, 2.45) is 0 Å². The largest absolute Gasteiger partial charge is 0.376 e. The lowest BCUT2D eigenvalue weighted by molar-refractivity contribution is 0.0857. The fourth-order valence-electron chi connectivity index (χ4n) is 3.86.